The van der Waals surface area contributed by atoms with Crippen molar-refractivity contribution in [2.24, 2.45) is 0 Å². The summed E-state index contributed by atoms with van der Waals surface area (Å²) in [7, 11) is 0. The minimum absolute atomic E-state index is 0.130. The van der Waals surface area contributed by atoms with E-state index in [9.17, 15) is 9.18 Å². The summed E-state index contributed by atoms with van der Waals surface area (Å²) in [6.07, 6.45) is 0.130. The minimum Gasteiger partial charge on any atom is -0.433 e. The van der Waals surface area contributed by atoms with Crippen LogP contribution in [0.25, 0.3) is 0 Å². The molecule has 3 heteroatoms. The molecule has 0 fully saturated rings. The highest BCUT2D eigenvalue weighted by Crippen LogP contribution is 2.00. The zero-order chi connectivity index (χ0) is 8.81. The lowest BCUT2D eigenvalue weighted by Crippen LogP contribution is -2.06. The van der Waals surface area contributed by atoms with Gasteiger partial charge in [-0.1, -0.05) is 30.3 Å². The number of halogens is 1. The van der Waals surface area contributed by atoms with E-state index in [2.05, 4.69) is 4.74 Å². The molecular weight excluding hydrogens is 159 g/mol. The highest BCUT2D eigenvalue weighted by atomic mass is 19.1. The summed E-state index contributed by atoms with van der Waals surface area (Å²) in [5.41, 5.74) is 0.830. The lowest BCUT2D eigenvalue weighted by Gasteiger charge is -1.99. The van der Waals surface area contributed by atoms with Gasteiger partial charge in [0, 0.05) is 0 Å². The van der Waals surface area contributed by atoms with Crippen molar-refractivity contribution < 1.29 is 13.9 Å². The van der Waals surface area contributed by atoms with Gasteiger partial charge in [0.25, 0.3) is 0 Å². The SMILES string of the molecule is O=C(Cc1ccccc1)OCF. The van der Waals surface area contributed by atoms with Crippen LogP contribution < -0.4 is 0 Å². The number of carbonyl (C=O) groups excluding carboxylic acids is 1. The summed E-state index contributed by atoms with van der Waals surface area (Å²) in [4.78, 5) is 10.8. The largest absolute Gasteiger partial charge is 0.433 e. The molecule has 0 atom stereocenters. The van der Waals surface area contributed by atoms with Gasteiger partial charge in [-0.25, -0.2) is 4.39 Å². The van der Waals surface area contributed by atoms with Crippen molar-refractivity contribution in [3.8, 4) is 0 Å². The van der Waals surface area contributed by atoms with E-state index in [1.165, 1.54) is 0 Å². The van der Waals surface area contributed by atoms with E-state index in [1.807, 2.05) is 18.2 Å². The molecule has 1 aromatic rings. The Morgan fingerprint density at radius 2 is 2.00 bits per heavy atom. The Bertz CT molecular complexity index is 246. The fourth-order valence-electron chi connectivity index (χ4n) is 0.874. The van der Waals surface area contributed by atoms with Gasteiger partial charge in [-0.3, -0.25) is 4.79 Å². The third-order valence-corrected chi connectivity index (χ3v) is 1.41. The monoisotopic (exact) mass is 168 g/mol. The smallest absolute Gasteiger partial charge is 0.312 e. The lowest BCUT2D eigenvalue weighted by molar-refractivity contribution is -0.146. The Morgan fingerprint density at radius 3 is 2.58 bits per heavy atom. The van der Waals surface area contributed by atoms with Gasteiger partial charge < -0.3 is 4.74 Å². The molecule has 0 spiro atoms. The maximum absolute atomic E-state index is 11.5. The molecule has 0 aromatic heterocycles. The van der Waals surface area contributed by atoms with Gasteiger partial charge in [0.15, 0.2) is 0 Å². The molecule has 0 saturated heterocycles. The number of hydrogen-bond acceptors (Lipinski definition) is 2. The van der Waals surface area contributed by atoms with Gasteiger partial charge in [-0.15, -0.1) is 0 Å². The van der Waals surface area contributed by atoms with E-state index in [-0.39, 0.29) is 6.42 Å². The first kappa shape index (κ1) is 8.71. The van der Waals surface area contributed by atoms with E-state index < -0.39 is 12.8 Å². The molecule has 1 aromatic carbocycles. The van der Waals surface area contributed by atoms with E-state index in [0.717, 1.165) is 5.56 Å². The van der Waals surface area contributed by atoms with Crippen molar-refractivity contribution in [3.05, 3.63) is 35.9 Å². The van der Waals surface area contributed by atoms with Crippen molar-refractivity contribution >= 4 is 5.97 Å². The van der Waals surface area contributed by atoms with E-state index in [0.29, 0.717) is 0 Å². The third kappa shape index (κ3) is 2.70. The molecule has 12 heavy (non-hydrogen) atoms. The van der Waals surface area contributed by atoms with Crippen LogP contribution in [0, 0.1) is 0 Å². The second kappa shape index (κ2) is 4.49. The zero-order valence-corrected chi connectivity index (χ0v) is 6.50. The maximum atomic E-state index is 11.5. The molecule has 0 unspecified atom stereocenters. The predicted molar refractivity (Wildman–Crippen MR) is 42.2 cm³/mol. The molecule has 0 bridgehead atoms. The van der Waals surface area contributed by atoms with Crippen LogP contribution in [0.4, 0.5) is 4.39 Å². The number of hydrogen-bond donors (Lipinski definition) is 0. The Balaban J connectivity index is 2.47. The highest BCUT2D eigenvalue weighted by Gasteiger charge is 2.02. The Hall–Kier alpha value is -1.38. The topological polar surface area (TPSA) is 26.3 Å². The summed E-state index contributed by atoms with van der Waals surface area (Å²) in [6, 6.07) is 9.07. The van der Waals surface area contributed by atoms with Crippen LogP contribution in [0.2, 0.25) is 0 Å². The van der Waals surface area contributed by atoms with Crippen LogP contribution in [0.1, 0.15) is 5.56 Å². The highest BCUT2D eigenvalue weighted by molar-refractivity contribution is 5.72. The molecule has 0 heterocycles. The summed E-state index contributed by atoms with van der Waals surface area (Å²) in [6.45, 7) is -1.05. The van der Waals surface area contributed by atoms with Gasteiger partial charge in [0.1, 0.15) is 0 Å². The average molecular weight is 168 g/mol. The predicted octanol–water partition coefficient (Wildman–Crippen LogP) is 1.70. The number of carbonyl (C=O) groups is 1. The van der Waals surface area contributed by atoms with Crippen molar-refractivity contribution in [1.29, 1.82) is 0 Å². The van der Waals surface area contributed by atoms with Crippen LogP contribution in [-0.2, 0) is 16.0 Å². The van der Waals surface area contributed by atoms with E-state index in [4.69, 9.17) is 0 Å². The van der Waals surface area contributed by atoms with Crippen molar-refractivity contribution in [1.82, 2.24) is 0 Å². The summed E-state index contributed by atoms with van der Waals surface area (Å²) in [5.74, 6) is -0.538. The van der Waals surface area contributed by atoms with Crippen LogP contribution in [0.3, 0.4) is 0 Å². The molecule has 0 amide bonds. The number of rotatable bonds is 3. The van der Waals surface area contributed by atoms with Gasteiger partial charge in [0.2, 0.25) is 6.86 Å². The molecule has 0 saturated carbocycles. The van der Waals surface area contributed by atoms with Crippen molar-refractivity contribution in [2.75, 3.05) is 6.86 Å². The number of benzene rings is 1. The number of esters is 1. The molecule has 0 aliphatic rings. The van der Waals surface area contributed by atoms with E-state index >= 15 is 0 Å². The minimum atomic E-state index is -1.05. The summed E-state index contributed by atoms with van der Waals surface area (Å²) < 4.78 is 15.6. The van der Waals surface area contributed by atoms with Crippen LogP contribution in [0.15, 0.2) is 30.3 Å². The molecule has 0 aliphatic carbocycles. The molecule has 0 N–H and O–H groups in total. The van der Waals surface area contributed by atoms with Crippen molar-refractivity contribution in [2.45, 2.75) is 6.42 Å². The molecule has 1 rings (SSSR count). The lowest BCUT2D eigenvalue weighted by atomic mass is 10.2. The Labute approximate surface area is 70.0 Å². The third-order valence-electron chi connectivity index (χ3n) is 1.41. The van der Waals surface area contributed by atoms with Crippen molar-refractivity contribution in [3.63, 3.8) is 0 Å². The first-order valence-electron chi connectivity index (χ1n) is 3.58. The van der Waals surface area contributed by atoms with Gasteiger partial charge in [0.05, 0.1) is 6.42 Å². The first-order chi connectivity index (χ1) is 5.83. The Morgan fingerprint density at radius 1 is 1.33 bits per heavy atom. The van der Waals surface area contributed by atoms with Gasteiger partial charge in [-0.05, 0) is 5.56 Å². The zero-order valence-electron chi connectivity index (χ0n) is 6.50. The second-order valence-corrected chi connectivity index (χ2v) is 2.29. The fraction of sp³-hybridized carbons (Fsp3) is 0.222. The quantitative estimate of drug-likeness (QED) is 0.642. The number of alkyl halides is 1. The van der Waals surface area contributed by atoms with Gasteiger partial charge >= 0.3 is 5.97 Å². The van der Waals surface area contributed by atoms with Crippen LogP contribution in [-0.4, -0.2) is 12.8 Å². The van der Waals surface area contributed by atoms with Crippen LogP contribution in [0.5, 0.6) is 0 Å². The summed E-state index contributed by atoms with van der Waals surface area (Å²) >= 11 is 0. The Kier molecular flexibility index (Phi) is 3.26. The number of ether oxygens (including phenoxy) is 1. The molecule has 64 valence electrons. The second-order valence-electron chi connectivity index (χ2n) is 2.29. The summed E-state index contributed by atoms with van der Waals surface area (Å²) in [5, 5.41) is 0. The molecule has 2 nitrogen and oxygen atoms in total. The average Bonchev–Trinajstić information content (AvgIpc) is 2.06. The molecule has 0 aliphatic heterocycles. The van der Waals surface area contributed by atoms with E-state index in [1.54, 1.807) is 12.1 Å². The fourth-order valence-corrected chi connectivity index (χ4v) is 0.874. The molecule has 0 radical (unpaired) electrons. The van der Waals surface area contributed by atoms with Gasteiger partial charge in [-0.2, -0.15) is 0 Å². The first-order valence-corrected chi connectivity index (χ1v) is 3.58. The molecular formula is C9H9FO2. The standard InChI is InChI=1S/C9H9FO2/c10-7-12-9(11)6-8-4-2-1-3-5-8/h1-5H,6-7H2. The van der Waals surface area contributed by atoms with Crippen LogP contribution >= 0.6 is 0 Å². The normalized spacial score (nSPS) is 9.42. The maximum Gasteiger partial charge on any atom is 0.312 e.